The van der Waals surface area contributed by atoms with Crippen molar-refractivity contribution in [2.75, 3.05) is 26.4 Å². The van der Waals surface area contributed by atoms with Gasteiger partial charge in [-0.25, -0.2) is 0 Å². The summed E-state index contributed by atoms with van der Waals surface area (Å²) in [5, 5.41) is 3.56. The van der Waals surface area contributed by atoms with E-state index in [1.165, 1.54) is 6.42 Å². The lowest BCUT2D eigenvalue weighted by atomic mass is 9.93. The van der Waals surface area contributed by atoms with E-state index in [0.717, 1.165) is 39.2 Å². The minimum absolute atomic E-state index is 0.234. The normalized spacial score (nSPS) is 26.1. The molecule has 1 N–H and O–H groups in total. The van der Waals surface area contributed by atoms with Gasteiger partial charge < -0.3 is 14.8 Å². The van der Waals surface area contributed by atoms with Crippen LogP contribution in [0.2, 0.25) is 0 Å². The highest BCUT2D eigenvalue weighted by Gasteiger charge is 2.26. The van der Waals surface area contributed by atoms with Crippen molar-refractivity contribution in [1.29, 1.82) is 0 Å². The molecule has 3 nitrogen and oxygen atoms in total. The van der Waals surface area contributed by atoms with Crippen LogP contribution in [0.25, 0.3) is 0 Å². The van der Waals surface area contributed by atoms with Crippen LogP contribution in [-0.4, -0.2) is 38.5 Å². The van der Waals surface area contributed by atoms with Gasteiger partial charge in [0.05, 0.1) is 12.7 Å². The average Bonchev–Trinajstić information content (AvgIpc) is 2.26. The Morgan fingerprint density at radius 3 is 2.76 bits per heavy atom. The largest absolute Gasteiger partial charge is 0.379 e. The molecular formula is C14H29NO2. The number of hydrogen-bond acceptors (Lipinski definition) is 3. The lowest BCUT2D eigenvalue weighted by Gasteiger charge is -2.33. The van der Waals surface area contributed by atoms with E-state index in [9.17, 15) is 0 Å². The van der Waals surface area contributed by atoms with Gasteiger partial charge in [0, 0.05) is 19.3 Å². The van der Waals surface area contributed by atoms with Gasteiger partial charge in [0.1, 0.15) is 0 Å². The van der Waals surface area contributed by atoms with Crippen LogP contribution in [0.5, 0.6) is 0 Å². The minimum Gasteiger partial charge on any atom is -0.379 e. The first-order valence-corrected chi connectivity index (χ1v) is 6.95. The first kappa shape index (κ1) is 14.9. The molecule has 17 heavy (non-hydrogen) atoms. The number of ether oxygens (including phenoxy) is 2. The average molecular weight is 243 g/mol. The van der Waals surface area contributed by atoms with E-state index in [4.69, 9.17) is 9.47 Å². The molecule has 0 saturated carbocycles. The van der Waals surface area contributed by atoms with Crippen molar-refractivity contribution < 1.29 is 9.47 Å². The van der Waals surface area contributed by atoms with E-state index >= 15 is 0 Å². The number of rotatable bonds is 6. The molecule has 0 aromatic carbocycles. The summed E-state index contributed by atoms with van der Waals surface area (Å²) in [5.74, 6) is 0. The fraction of sp³-hybridized carbons (Fsp3) is 1.00. The molecule has 1 fully saturated rings. The molecule has 0 radical (unpaired) electrons. The molecule has 0 aromatic rings. The molecular weight excluding hydrogens is 214 g/mol. The summed E-state index contributed by atoms with van der Waals surface area (Å²) in [6.45, 7) is 12.5. The molecule has 102 valence electrons. The molecule has 0 spiro atoms. The molecule has 2 unspecified atom stereocenters. The van der Waals surface area contributed by atoms with Gasteiger partial charge in [0.2, 0.25) is 0 Å². The molecule has 0 amide bonds. The Kier molecular flexibility index (Phi) is 6.45. The molecule has 1 saturated heterocycles. The predicted molar refractivity (Wildman–Crippen MR) is 71.3 cm³/mol. The maximum Gasteiger partial charge on any atom is 0.0961 e. The van der Waals surface area contributed by atoms with Gasteiger partial charge in [-0.3, -0.25) is 0 Å². The van der Waals surface area contributed by atoms with Crippen LogP contribution in [0.1, 0.15) is 47.0 Å². The van der Waals surface area contributed by atoms with Crippen molar-refractivity contribution in [3.8, 4) is 0 Å². The van der Waals surface area contributed by atoms with Crippen molar-refractivity contribution >= 4 is 0 Å². The Morgan fingerprint density at radius 2 is 2.12 bits per heavy atom. The van der Waals surface area contributed by atoms with Gasteiger partial charge >= 0.3 is 0 Å². The molecule has 1 heterocycles. The van der Waals surface area contributed by atoms with Crippen LogP contribution in [0.4, 0.5) is 0 Å². The second-order valence-corrected chi connectivity index (χ2v) is 6.14. The number of hydrogen-bond donors (Lipinski definition) is 1. The zero-order valence-corrected chi connectivity index (χ0v) is 11.9. The Labute approximate surface area is 106 Å². The van der Waals surface area contributed by atoms with Crippen molar-refractivity contribution in [1.82, 2.24) is 5.32 Å². The highest BCUT2D eigenvalue weighted by Crippen LogP contribution is 2.19. The topological polar surface area (TPSA) is 30.5 Å². The van der Waals surface area contributed by atoms with Crippen LogP contribution in [0, 0.1) is 5.41 Å². The highest BCUT2D eigenvalue weighted by atomic mass is 16.5. The Balaban J connectivity index is 2.27. The summed E-state index contributed by atoms with van der Waals surface area (Å²) in [6.07, 6.45) is 3.58. The third-order valence-electron chi connectivity index (χ3n) is 3.14. The molecule has 0 aliphatic carbocycles. The Morgan fingerprint density at radius 1 is 1.35 bits per heavy atom. The third kappa shape index (κ3) is 6.39. The van der Waals surface area contributed by atoms with E-state index in [0.29, 0.717) is 11.5 Å². The van der Waals surface area contributed by atoms with Gasteiger partial charge in [0.25, 0.3) is 0 Å². The van der Waals surface area contributed by atoms with Crippen molar-refractivity contribution in [3.05, 3.63) is 0 Å². The van der Waals surface area contributed by atoms with Crippen LogP contribution in [0.3, 0.4) is 0 Å². The fourth-order valence-corrected chi connectivity index (χ4v) is 1.96. The van der Waals surface area contributed by atoms with Crippen LogP contribution >= 0.6 is 0 Å². The summed E-state index contributed by atoms with van der Waals surface area (Å²) >= 11 is 0. The minimum atomic E-state index is 0.234. The zero-order valence-electron chi connectivity index (χ0n) is 11.9. The van der Waals surface area contributed by atoms with Crippen LogP contribution in [-0.2, 0) is 9.47 Å². The quantitative estimate of drug-likeness (QED) is 0.778. The van der Waals surface area contributed by atoms with E-state index in [1.54, 1.807) is 0 Å². The smallest absolute Gasteiger partial charge is 0.0961 e. The zero-order chi connectivity index (χ0) is 12.7. The van der Waals surface area contributed by atoms with Crippen LogP contribution in [0.15, 0.2) is 0 Å². The fourth-order valence-electron chi connectivity index (χ4n) is 1.96. The molecule has 0 bridgehead atoms. The van der Waals surface area contributed by atoms with Crippen molar-refractivity contribution in [2.45, 2.75) is 59.1 Å². The standard InChI is InChI=1S/C14H29NO2/c1-5-8-15-12-6-9-16-11-13(12)17-10-7-14(2,3)4/h12-13,15H,5-11H2,1-4H3. The third-order valence-corrected chi connectivity index (χ3v) is 3.14. The maximum atomic E-state index is 5.98. The van der Waals surface area contributed by atoms with Gasteiger partial charge in [-0.15, -0.1) is 0 Å². The second-order valence-electron chi connectivity index (χ2n) is 6.14. The van der Waals surface area contributed by atoms with Crippen LogP contribution < -0.4 is 5.32 Å². The second kappa shape index (κ2) is 7.34. The molecule has 2 atom stereocenters. The first-order chi connectivity index (χ1) is 8.03. The molecule has 3 heteroatoms. The Hall–Kier alpha value is -0.120. The molecule has 1 rings (SSSR count). The summed E-state index contributed by atoms with van der Waals surface area (Å²) in [6, 6.07) is 0.476. The SMILES string of the molecule is CCCNC1CCOCC1OCCC(C)(C)C. The molecule has 0 aromatic heterocycles. The molecule has 1 aliphatic rings. The first-order valence-electron chi connectivity index (χ1n) is 6.95. The highest BCUT2D eigenvalue weighted by molar-refractivity contribution is 4.80. The predicted octanol–water partition coefficient (Wildman–Crippen LogP) is 2.60. The molecule has 1 aliphatic heterocycles. The number of nitrogens with one attached hydrogen (secondary N) is 1. The van der Waals surface area contributed by atoms with Crippen molar-refractivity contribution in [3.63, 3.8) is 0 Å². The summed E-state index contributed by atoms with van der Waals surface area (Å²) in [5.41, 5.74) is 0.349. The van der Waals surface area contributed by atoms with E-state index in [-0.39, 0.29) is 6.10 Å². The van der Waals surface area contributed by atoms with Gasteiger partial charge in [-0.1, -0.05) is 27.7 Å². The van der Waals surface area contributed by atoms with Gasteiger partial charge in [-0.05, 0) is 31.2 Å². The van der Waals surface area contributed by atoms with Gasteiger partial charge in [-0.2, -0.15) is 0 Å². The van der Waals surface area contributed by atoms with E-state index in [1.807, 2.05) is 0 Å². The Bertz CT molecular complexity index is 201. The lowest BCUT2D eigenvalue weighted by molar-refractivity contribution is -0.0733. The lowest BCUT2D eigenvalue weighted by Crippen LogP contribution is -2.48. The maximum absolute atomic E-state index is 5.98. The van der Waals surface area contributed by atoms with E-state index < -0.39 is 0 Å². The summed E-state index contributed by atoms with van der Waals surface area (Å²) < 4.78 is 11.5. The summed E-state index contributed by atoms with van der Waals surface area (Å²) in [4.78, 5) is 0. The van der Waals surface area contributed by atoms with E-state index in [2.05, 4.69) is 33.0 Å². The van der Waals surface area contributed by atoms with Gasteiger partial charge in [0.15, 0.2) is 0 Å². The monoisotopic (exact) mass is 243 g/mol. The summed E-state index contributed by atoms with van der Waals surface area (Å²) in [7, 11) is 0. The van der Waals surface area contributed by atoms with Crippen molar-refractivity contribution in [2.24, 2.45) is 5.41 Å².